The fourth-order valence-corrected chi connectivity index (χ4v) is 1.93. The smallest absolute Gasteiger partial charge is 0.182 e. The standard InChI is InChI=1S/C15H11NO.C4H7NS/c1-3-7-12(8-4-1)14-15(17-11-16-14)13-9-5-2-6-10-13;1-2-4(6)3-5/h1-11H;4,6H,2H2,1H3. The maximum Gasteiger partial charge on any atom is 0.182 e. The fourth-order valence-electron chi connectivity index (χ4n) is 1.93. The predicted octanol–water partition coefficient (Wildman–Crippen LogP) is 5.23. The Morgan fingerprint density at radius 2 is 1.61 bits per heavy atom. The van der Waals surface area contributed by atoms with Crippen LogP contribution in [0.5, 0.6) is 0 Å². The molecule has 0 spiro atoms. The number of nitriles is 1. The molecule has 4 heteroatoms. The highest BCUT2D eigenvalue weighted by atomic mass is 32.1. The lowest BCUT2D eigenvalue weighted by atomic mass is 10.1. The van der Waals surface area contributed by atoms with Gasteiger partial charge in [-0.05, 0) is 6.42 Å². The Hall–Kier alpha value is -2.51. The lowest BCUT2D eigenvalue weighted by Gasteiger charge is -2.00. The summed E-state index contributed by atoms with van der Waals surface area (Å²) in [5.74, 6) is 0.816. The second-order valence-electron chi connectivity index (χ2n) is 4.82. The molecule has 0 radical (unpaired) electrons. The van der Waals surface area contributed by atoms with Crippen molar-refractivity contribution < 1.29 is 4.42 Å². The summed E-state index contributed by atoms with van der Waals surface area (Å²) in [4.78, 5) is 4.30. The highest BCUT2D eigenvalue weighted by molar-refractivity contribution is 7.81. The minimum absolute atomic E-state index is 0.0648. The molecule has 3 rings (SSSR count). The summed E-state index contributed by atoms with van der Waals surface area (Å²) < 4.78 is 5.49. The van der Waals surface area contributed by atoms with Gasteiger partial charge >= 0.3 is 0 Å². The van der Waals surface area contributed by atoms with Crippen LogP contribution in [0.15, 0.2) is 71.5 Å². The van der Waals surface area contributed by atoms with Gasteiger partial charge < -0.3 is 4.42 Å². The van der Waals surface area contributed by atoms with E-state index in [2.05, 4.69) is 17.6 Å². The summed E-state index contributed by atoms with van der Waals surface area (Å²) in [6.07, 6.45) is 2.32. The Kier molecular flexibility index (Phi) is 6.46. The molecule has 0 N–H and O–H groups in total. The van der Waals surface area contributed by atoms with Crippen molar-refractivity contribution in [3.8, 4) is 28.7 Å². The molecule has 1 atom stereocenters. The number of thiol groups is 1. The second-order valence-corrected chi connectivity index (χ2v) is 5.44. The van der Waals surface area contributed by atoms with E-state index >= 15 is 0 Å². The van der Waals surface area contributed by atoms with E-state index in [1.54, 1.807) is 0 Å². The average Bonchev–Trinajstić information content (AvgIpc) is 3.13. The Bertz CT molecular complexity index is 694. The van der Waals surface area contributed by atoms with Crippen LogP contribution in [-0.4, -0.2) is 10.2 Å². The van der Waals surface area contributed by atoms with Crippen LogP contribution in [0, 0.1) is 11.3 Å². The zero-order chi connectivity index (χ0) is 16.5. The third kappa shape index (κ3) is 4.73. The first-order valence-corrected chi connectivity index (χ1v) is 7.90. The highest BCUT2D eigenvalue weighted by Gasteiger charge is 2.11. The van der Waals surface area contributed by atoms with E-state index in [1.165, 1.54) is 6.39 Å². The van der Waals surface area contributed by atoms with Gasteiger partial charge in [0.15, 0.2) is 12.2 Å². The zero-order valence-corrected chi connectivity index (χ0v) is 13.8. The van der Waals surface area contributed by atoms with Gasteiger partial charge in [-0.3, -0.25) is 0 Å². The van der Waals surface area contributed by atoms with Crippen molar-refractivity contribution in [2.45, 2.75) is 18.6 Å². The quantitative estimate of drug-likeness (QED) is 0.672. The van der Waals surface area contributed by atoms with Gasteiger partial charge in [0, 0.05) is 11.1 Å². The molecule has 3 nitrogen and oxygen atoms in total. The van der Waals surface area contributed by atoms with E-state index in [1.807, 2.05) is 73.7 Å². The lowest BCUT2D eigenvalue weighted by molar-refractivity contribution is 0.572. The van der Waals surface area contributed by atoms with Crippen molar-refractivity contribution in [1.82, 2.24) is 4.98 Å². The minimum Gasteiger partial charge on any atom is -0.443 e. The zero-order valence-electron chi connectivity index (χ0n) is 12.9. The number of aromatic nitrogens is 1. The average molecular weight is 322 g/mol. The molecule has 0 bridgehead atoms. The van der Waals surface area contributed by atoms with Crippen LogP contribution in [0.2, 0.25) is 0 Å². The van der Waals surface area contributed by atoms with Crippen molar-refractivity contribution in [3.63, 3.8) is 0 Å². The summed E-state index contributed by atoms with van der Waals surface area (Å²) in [5, 5.41) is 7.94. The maximum absolute atomic E-state index is 8.01. The van der Waals surface area contributed by atoms with Crippen molar-refractivity contribution in [2.75, 3.05) is 0 Å². The fraction of sp³-hybridized carbons (Fsp3) is 0.158. The Morgan fingerprint density at radius 1 is 1.04 bits per heavy atom. The topological polar surface area (TPSA) is 49.8 Å². The van der Waals surface area contributed by atoms with E-state index in [0.717, 1.165) is 29.0 Å². The summed E-state index contributed by atoms with van der Waals surface area (Å²) in [6, 6.07) is 22.0. The highest BCUT2D eigenvalue weighted by Crippen LogP contribution is 2.30. The third-order valence-corrected chi connectivity index (χ3v) is 3.67. The third-order valence-electron chi connectivity index (χ3n) is 3.19. The Balaban J connectivity index is 0.000000277. The van der Waals surface area contributed by atoms with E-state index < -0.39 is 0 Å². The largest absolute Gasteiger partial charge is 0.443 e. The normalized spacial score (nSPS) is 11.0. The van der Waals surface area contributed by atoms with Crippen molar-refractivity contribution in [1.29, 1.82) is 5.26 Å². The molecule has 1 heterocycles. The monoisotopic (exact) mass is 322 g/mol. The Labute approximate surface area is 142 Å². The van der Waals surface area contributed by atoms with Crippen molar-refractivity contribution in [3.05, 3.63) is 67.1 Å². The molecule has 0 saturated carbocycles. The summed E-state index contributed by atoms with van der Waals surface area (Å²) in [6.45, 7) is 1.93. The van der Waals surface area contributed by atoms with Gasteiger partial charge in [0.2, 0.25) is 0 Å². The molecule has 0 saturated heterocycles. The summed E-state index contributed by atoms with van der Waals surface area (Å²) >= 11 is 3.87. The van der Waals surface area contributed by atoms with E-state index in [0.29, 0.717) is 0 Å². The Morgan fingerprint density at radius 3 is 2.09 bits per heavy atom. The van der Waals surface area contributed by atoms with E-state index in [4.69, 9.17) is 9.68 Å². The maximum atomic E-state index is 8.01. The molecular formula is C19H18N2OS. The van der Waals surface area contributed by atoms with Gasteiger partial charge in [0.25, 0.3) is 0 Å². The van der Waals surface area contributed by atoms with Gasteiger partial charge in [-0.1, -0.05) is 67.6 Å². The van der Waals surface area contributed by atoms with Crippen LogP contribution in [0.25, 0.3) is 22.6 Å². The van der Waals surface area contributed by atoms with Gasteiger partial charge in [-0.25, -0.2) is 4.98 Å². The molecular weight excluding hydrogens is 304 g/mol. The second kappa shape index (κ2) is 8.82. The molecule has 3 aromatic rings. The number of oxazole rings is 1. The molecule has 0 aliphatic rings. The summed E-state index contributed by atoms with van der Waals surface area (Å²) in [7, 11) is 0. The molecule has 0 aliphatic carbocycles. The number of hydrogen-bond acceptors (Lipinski definition) is 4. The first-order chi connectivity index (χ1) is 11.3. The molecule has 1 unspecified atom stereocenters. The van der Waals surface area contributed by atoms with Crippen LogP contribution in [0.4, 0.5) is 0 Å². The lowest BCUT2D eigenvalue weighted by Crippen LogP contribution is -1.86. The van der Waals surface area contributed by atoms with E-state index in [9.17, 15) is 0 Å². The summed E-state index contributed by atoms with van der Waals surface area (Å²) in [5.41, 5.74) is 3.00. The molecule has 23 heavy (non-hydrogen) atoms. The first kappa shape index (κ1) is 16.9. The van der Waals surface area contributed by atoms with Gasteiger partial charge in [0.1, 0.15) is 5.69 Å². The number of hydrogen-bond donors (Lipinski definition) is 1. The number of benzene rings is 2. The first-order valence-electron chi connectivity index (χ1n) is 7.38. The van der Waals surface area contributed by atoms with Crippen molar-refractivity contribution in [2.24, 2.45) is 0 Å². The molecule has 1 aromatic heterocycles. The van der Waals surface area contributed by atoms with Gasteiger partial charge in [0.05, 0.1) is 11.3 Å². The number of rotatable bonds is 3. The van der Waals surface area contributed by atoms with Crippen LogP contribution < -0.4 is 0 Å². The molecule has 2 aromatic carbocycles. The van der Waals surface area contributed by atoms with Crippen LogP contribution >= 0.6 is 12.6 Å². The minimum atomic E-state index is -0.0648. The van der Waals surface area contributed by atoms with Crippen LogP contribution in [0.3, 0.4) is 0 Å². The van der Waals surface area contributed by atoms with Crippen molar-refractivity contribution >= 4 is 12.6 Å². The van der Waals surface area contributed by atoms with Gasteiger partial charge in [-0.2, -0.15) is 17.9 Å². The predicted molar refractivity (Wildman–Crippen MR) is 96.1 cm³/mol. The van der Waals surface area contributed by atoms with Crippen LogP contribution in [0.1, 0.15) is 13.3 Å². The number of nitrogens with zero attached hydrogens (tertiary/aromatic N) is 2. The molecule has 116 valence electrons. The van der Waals surface area contributed by atoms with E-state index in [-0.39, 0.29) is 5.25 Å². The van der Waals surface area contributed by atoms with Crippen LogP contribution in [-0.2, 0) is 0 Å². The van der Waals surface area contributed by atoms with Gasteiger partial charge in [-0.15, -0.1) is 0 Å². The molecule has 0 amide bonds. The molecule has 0 fully saturated rings. The SMILES string of the molecule is CCC(S)C#N.c1ccc(-c2ncoc2-c2ccccc2)cc1. The molecule has 0 aliphatic heterocycles.